The number of anilines is 1. The number of aromatic nitrogens is 1. The average Bonchev–Trinajstić information content (AvgIpc) is 3.19. The van der Waals surface area contributed by atoms with Crippen LogP contribution in [-0.4, -0.2) is 50.9 Å². The molecule has 1 amide bonds. The minimum absolute atomic E-state index is 0.127. The first-order valence-corrected chi connectivity index (χ1v) is 11.8. The molecule has 0 fully saturated rings. The quantitative estimate of drug-likeness (QED) is 0.448. The van der Waals surface area contributed by atoms with Gasteiger partial charge in [0.25, 0.3) is 5.91 Å². The summed E-state index contributed by atoms with van der Waals surface area (Å²) in [5.41, 5.74) is 0.805. The standard InChI is InChI=1S/C22H23N3O5S2/c1-5-12-25(13-6-2)32(27,28)15-10-11-16-19(14-15)31-22(23-16)24-21(26)20-17(29-3)8-7-9-18(20)30-4/h5-11,14H,1-2,12-13H2,3-4H3,(H,23,24,26). The third kappa shape index (κ3) is 4.67. The summed E-state index contributed by atoms with van der Waals surface area (Å²) in [6, 6.07) is 9.68. The normalized spacial score (nSPS) is 11.3. The Balaban J connectivity index is 1.93. The fourth-order valence-electron chi connectivity index (χ4n) is 3.06. The van der Waals surface area contributed by atoms with Gasteiger partial charge >= 0.3 is 0 Å². The number of sulfonamides is 1. The van der Waals surface area contributed by atoms with Crippen molar-refractivity contribution in [2.45, 2.75) is 4.90 Å². The molecule has 0 aliphatic carbocycles. The number of thiazole rings is 1. The van der Waals surface area contributed by atoms with Gasteiger partial charge in [-0.25, -0.2) is 13.4 Å². The molecule has 0 saturated carbocycles. The van der Waals surface area contributed by atoms with E-state index in [4.69, 9.17) is 9.47 Å². The molecule has 0 aliphatic heterocycles. The van der Waals surface area contributed by atoms with E-state index in [1.807, 2.05) is 0 Å². The second-order valence-corrected chi connectivity index (χ2v) is 9.51. The van der Waals surface area contributed by atoms with Crippen molar-refractivity contribution in [1.82, 2.24) is 9.29 Å². The van der Waals surface area contributed by atoms with Gasteiger partial charge in [-0.1, -0.05) is 29.6 Å². The highest BCUT2D eigenvalue weighted by Crippen LogP contribution is 2.32. The van der Waals surface area contributed by atoms with Gasteiger partial charge in [-0.15, -0.1) is 13.2 Å². The van der Waals surface area contributed by atoms with Crippen LogP contribution in [0.2, 0.25) is 0 Å². The molecule has 0 saturated heterocycles. The maximum Gasteiger partial charge on any atom is 0.265 e. The monoisotopic (exact) mass is 473 g/mol. The molecule has 0 aliphatic rings. The summed E-state index contributed by atoms with van der Waals surface area (Å²) in [6.07, 6.45) is 3.04. The van der Waals surface area contributed by atoms with Gasteiger partial charge in [-0.2, -0.15) is 4.31 Å². The Kier molecular flexibility index (Phi) is 7.29. The lowest BCUT2D eigenvalue weighted by Gasteiger charge is -2.18. The van der Waals surface area contributed by atoms with Crippen molar-refractivity contribution in [2.75, 3.05) is 32.6 Å². The number of fused-ring (bicyclic) bond motifs is 1. The van der Waals surface area contributed by atoms with E-state index in [-0.39, 0.29) is 23.5 Å². The van der Waals surface area contributed by atoms with Gasteiger partial charge in [0.1, 0.15) is 17.1 Å². The largest absolute Gasteiger partial charge is 0.496 e. The summed E-state index contributed by atoms with van der Waals surface area (Å²) >= 11 is 1.17. The molecule has 0 atom stereocenters. The van der Waals surface area contributed by atoms with Crippen LogP contribution >= 0.6 is 11.3 Å². The van der Waals surface area contributed by atoms with Crippen molar-refractivity contribution in [2.24, 2.45) is 0 Å². The zero-order valence-electron chi connectivity index (χ0n) is 17.7. The maximum atomic E-state index is 13.0. The van der Waals surface area contributed by atoms with Crippen molar-refractivity contribution >= 4 is 42.6 Å². The number of carbonyl (C=O) groups excluding carboxylic acids is 1. The third-order valence-electron chi connectivity index (χ3n) is 4.54. The van der Waals surface area contributed by atoms with Crippen LogP contribution in [0.1, 0.15) is 10.4 Å². The van der Waals surface area contributed by atoms with E-state index >= 15 is 0 Å². The lowest BCUT2D eigenvalue weighted by atomic mass is 10.1. The summed E-state index contributed by atoms with van der Waals surface area (Å²) in [4.78, 5) is 17.4. The number of rotatable bonds is 10. The number of nitrogens with zero attached hydrogens (tertiary/aromatic N) is 2. The Labute approximate surface area is 190 Å². The number of hydrogen-bond donors (Lipinski definition) is 1. The van der Waals surface area contributed by atoms with E-state index < -0.39 is 15.9 Å². The maximum absolute atomic E-state index is 13.0. The van der Waals surface area contributed by atoms with Gasteiger partial charge in [0, 0.05) is 13.1 Å². The van der Waals surface area contributed by atoms with Crippen LogP contribution in [-0.2, 0) is 10.0 Å². The fraction of sp³-hybridized carbons (Fsp3) is 0.182. The van der Waals surface area contributed by atoms with Crippen molar-refractivity contribution in [1.29, 1.82) is 0 Å². The molecule has 0 bridgehead atoms. The zero-order valence-corrected chi connectivity index (χ0v) is 19.3. The van der Waals surface area contributed by atoms with Crippen LogP contribution in [0.4, 0.5) is 5.13 Å². The minimum atomic E-state index is -3.74. The first-order chi connectivity index (χ1) is 15.3. The molecule has 1 heterocycles. The Bertz CT molecular complexity index is 1240. The Morgan fingerprint density at radius 3 is 2.31 bits per heavy atom. The predicted molar refractivity (Wildman–Crippen MR) is 126 cm³/mol. The summed E-state index contributed by atoms with van der Waals surface area (Å²) < 4.78 is 38.4. The molecule has 3 rings (SSSR count). The van der Waals surface area contributed by atoms with Crippen LogP contribution in [0, 0.1) is 0 Å². The molecule has 10 heteroatoms. The summed E-state index contributed by atoms with van der Waals surface area (Å²) in [5.74, 6) is 0.274. The second-order valence-electron chi connectivity index (χ2n) is 6.54. The lowest BCUT2D eigenvalue weighted by Crippen LogP contribution is -2.31. The molecule has 0 unspecified atom stereocenters. The molecular formula is C22H23N3O5S2. The van der Waals surface area contributed by atoms with Crippen molar-refractivity contribution in [3.05, 3.63) is 67.3 Å². The number of benzene rings is 2. The molecule has 168 valence electrons. The van der Waals surface area contributed by atoms with E-state index in [0.29, 0.717) is 26.8 Å². The predicted octanol–water partition coefficient (Wildman–Crippen LogP) is 3.93. The van der Waals surface area contributed by atoms with Crippen LogP contribution in [0.25, 0.3) is 10.2 Å². The number of hydrogen-bond acceptors (Lipinski definition) is 7. The molecule has 8 nitrogen and oxygen atoms in total. The van der Waals surface area contributed by atoms with Crippen LogP contribution in [0.5, 0.6) is 11.5 Å². The highest BCUT2D eigenvalue weighted by Gasteiger charge is 2.24. The van der Waals surface area contributed by atoms with E-state index in [9.17, 15) is 13.2 Å². The van der Waals surface area contributed by atoms with E-state index in [0.717, 1.165) is 0 Å². The third-order valence-corrected chi connectivity index (χ3v) is 7.30. The van der Waals surface area contributed by atoms with Crippen molar-refractivity contribution < 1.29 is 22.7 Å². The number of nitrogens with one attached hydrogen (secondary N) is 1. The molecule has 1 N–H and O–H groups in total. The van der Waals surface area contributed by atoms with Crippen molar-refractivity contribution in [3.63, 3.8) is 0 Å². The Morgan fingerprint density at radius 2 is 1.75 bits per heavy atom. The average molecular weight is 474 g/mol. The first kappa shape index (κ1) is 23.5. The highest BCUT2D eigenvalue weighted by molar-refractivity contribution is 7.89. The van der Waals surface area contributed by atoms with Crippen LogP contribution < -0.4 is 14.8 Å². The number of ether oxygens (including phenoxy) is 2. The van der Waals surface area contributed by atoms with E-state index in [2.05, 4.69) is 23.5 Å². The van der Waals surface area contributed by atoms with Gasteiger partial charge in [0.05, 0.1) is 29.3 Å². The first-order valence-electron chi connectivity index (χ1n) is 9.50. The van der Waals surface area contributed by atoms with Crippen molar-refractivity contribution in [3.8, 4) is 11.5 Å². The molecule has 32 heavy (non-hydrogen) atoms. The van der Waals surface area contributed by atoms with Crippen LogP contribution in [0.3, 0.4) is 0 Å². The molecule has 1 aromatic heterocycles. The number of amides is 1. The van der Waals surface area contributed by atoms with Gasteiger partial charge in [0.2, 0.25) is 10.0 Å². The summed E-state index contributed by atoms with van der Waals surface area (Å²) in [5, 5.41) is 3.06. The minimum Gasteiger partial charge on any atom is -0.496 e. The Morgan fingerprint density at radius 1 is 1.12 bits per heavy atom. The lowest BCUT2D eigenvalue weighted by molar-refractivity contribution is 0.102. The Hall–Kier alpha value is -3.21. The van der Waals surface area contributed by atoms with Gasteiger partial charge in [-0.05, 0) is 30.3 Å². The second kappa shape index (κ2) is 9.94. The SMILES string of the molecule is C=CCN(CC=C)S(=O)(=O)c1ccc2nc(NC(=O)c3c(OC)cccc3OC)sc2c1. The molecule has 2 aromatic carbocycles. The van der Waals surface area contributed by atoms with Gasteiger partial charge < -0.3 is 9.47 Å². The fourth-order valence-corrected chi connectivity index (χ4v) is 5.44. The number of carbonyl (C=O) groups is 1. The molecule has 0 spiro atoms. The summed E-state index contributed by atoms with van der Waals surface area (Å²) in [6.45, 7) is 7.56. The van der Waals surface area contributed by atoms with E-state index in [1.54, 1.807) is 30.3 Å². The molecular weight excluding hydrogens is 450 g/mol. The summed E-state index contributed by atoms with van der Waals surface area (Å²) in [7, 11) is -0.811. The van der Waals surface area contributed by atoms with Gasteiger partial charge in [-0.3, -0.25) is 10.1 Å². The number of methoxy groups -OCH3 is 2. The topological polar surface area (TPSA) is 97.8 Å². The zero-order chi connectivity index (χ0) is 23.3. The van der Waals surface area contributed by atoms with Gasteiger partial charge in [0.15, 0.2) is 5.13 Å². The molecule has 0 radical (unpaired) electrons. The van der Waals surface area contributed by atoms with E-state index in [1.165, 1.54) is 48.1 Å². The van der Waals surface area contributed by atoms with Crippen LogP contribution in [0.15, 0.2) is 66.6 Å². The molecule has 3 aromatic rings. The highest BCUT2D eigenvalue weighted by atomic mass is 32.2. The smallest absolute Gasteiger partial charge is 0.265 e.